The molecule has 0 aromatic heterocycles. The SMILES string of the molecule is COC(=O)C(c1ccccc1)N1C(=O)C(NC(=O)[C@H](C)NC(=O)CCC(F)(F)F)N=C(c2ccccc2)c2ccccc21. The fourth-order valence-corrected chi connectivity index (χ4v) is 4.61. The van der Waals surface area contributed by atoms with E-state index in [9.17, 15) is 32.3 Å². The van der Waals surface area contributed by atoms with Gasteiger partial charge in [-0.1, -0.05) is 78.9 Å². The molecule has 12 heteroatoms. The summed E-state index contributed by atoms with van der Waals surface area (Å²) >= 11 is 0. The minimum atomic E-state index is -4.54. The number of nitrogens with one attached hydrogen (secondary N) is 2. The number of nitrogens with zero attached hydrogens (tertiary/aromatic N) is 2. The number of amides is 3. The Morgan fingerprint density at radius 3 is 2.19 bits per heavy atom. The summed E-state index contributed by atoms with van der Waals surface area (Å²) in [7, 11) is 1.20. The normalized spacial score (nSPS) is 16.2. The number of benzodiazepines with no additional fused rings is 1. The second-order valence-electron chi connectivity index (χ2n) is 9.72. The quantitative estimate of drug-likeness (QED) is 0.363. The van der Waals surface area contributed by atoms with Crippen LogP contribution in [0.25, 0.3) is 0 Å². The lowest BCUT2D eigenvalue weighted by Gasteiger charge is -2.32. The number of benzene rings is 3. The van der Waals surface area contributed by atoms with Gasteiger partial charge < -0.3 is 15.4 Å². The van der Waals surface area contributed by atoms with E-state index in [1.54, 1.807) is 84.9 Å². The number of fused-ring (bicyclic) bond motifs is 1. The molecule has 0 fully saturated rings. The predicted molar refractivity (Wildman–Crippen MR) is 152 cm³/mol. The number of rotatable bonds is 9. The first-order valence-corrected chi connectivity index (χ1v) is 13.3. The number of anilines is 1. The van der Waals surface area contributed by atoms with Crippen molar-refractivity contribution in [2.75, 3.05) is 12.0 Å². The Bertz CT molecular complexity index is 1510. The standard InChI is InChI=1S/C31H29F3N4O5/c1-19(35-24(39)17-18-31(32,33)34)28(40)37-27-29(41)38(26(30(42)43-2)21-13-7-4-8-14-21)23-16-10-9-15-22(23)25(36-27)20-11-5-3-6-12-20/h3-16,19,26-27H,17-18H2,1-2H3,(H,35,39)(H,37,40)/t19-,26?,27?/m0/s1. The van der Waals surface area contributed by atoms with Crippen LogP contribution in [0.1, 0.15) is 42.5 Å². The van der Waals surface area contributed by atoms with E-state index in [1.807, 2.05) is 0 Å². The van der Waals surface area contributed by atoms with E-state index >= 15 is 0 Å². The first kappa shape index (κ1) is 30.9. The lowest BCUT2D eigenvalue weighted by atomic mass is 9.98. The average molecular weight is 595 g/mol. The summed E-state index contributed by atoms with van der Waals surface area (Å²) in [6.45, 7) is 1.28. The minimum absolute atomic E-state index is 0.333. The zero-order chi connectivity index (χ0) is 31.1. The molecule has 224 valence electrons. The maximum Gasteiger partial charge on any atom is 0.389 e. The van der Waals surface area contributed by atoms with Crippen molar-refractivity contribution in [2.45, 2.75) is 44.2 Å². The van der Waals surface area contributed by atoms with Gasteiger partial charge in [0, 0.05) is 17.5 Å². The van der Waals surface area contributed by atoms with Gasteiger partial charge in [-0.05, 0) is 18.6 Å². The van der Waals surface area contributed by atoms with Gasteiger partial charge in [0.05, 0.1) is 24.9 Å². The van der Waals surface area contributed by atoms with Crippen LogP contribution in [0.3, 0.4) is 0 Å². The average Bonchev–Trinajstić information content (AvgIpc) is 3.11. The third-order valence-corrected chi connectivity index (χ3v) is 6.68. The molecule has 0 bridgehead atoms. The van der Waals surface area contributed by atoms with Crippen LogP contribution in [0, 0.1) is 0 Å². The van der Waals surface area contributed by atoms with E-state index in [0.29, 0.717) is 28.1 Å². The molecule has 1 aliphatic heterocycles. The lowest BCUT2D eigenvalue weighted by Crippen LogP contribution is -2.54. The number of aliphatic imine (C=N–C) groups is 1. The number of halogens is 3. The maximum atomic E-state index is 14.3. The molecule has 3 amide bonds. The third kappa shape index (κ3) is 7.45. The first-order valence-electron chi connectivity index (χ1n) is 13.3. The summed E-state index contributed by atoms with van der Waals surface area (Å²) in [5.41, 5.74) is 2.23. The number of esters is 1. The second kappa shape index (κ2) is 13.3. The molecule has 2 N–H and O–H groups in total. The topological polar surface area (TPSA) is 117 Å². The summed E-state index contributed by atoms with van der Waals surface area (Å²) in [4.78, 5) is 58.6. The van der Waals surface area contributed by atoms with Crippen molar-refractivity contribution in [3.05, 3.63) is 102 Å². The summed E-state index contributed by atoms with van der Waals surface area (Å²) in [5.74, 6) is -3.37. The smallest absolute Gasteiger partial charge is 0.389 e. The van der Waals surface area contributed by atoms with Crippen molar-refractivity contribution in [3.63, 3.8) is 0 Å². The number of ether oxygens (including phenoxy) is 1. The van der Waals surface area contributed by atoms with Gasteiger partial charge in [-0.25, -0.2) is 9.79 Å². The molecule has 4 rings (SSSR count). The van der Waals surface area contributed by atoms with Crippen molar-refractivity contribution in [3.8, 4) is 0 Å². The highest BCUT2D eigenvalue weighted by molar-refractivity contribution is 6.21. The molecule has 1 heterocycles. The predicted octanol–water partition coefficient (Wildman–Crippen LogP) is 4.07. The number of methoxy groups -OCH3 is 1. The van der Waals surface area contributed by atoms with Crippen molar-refractivity contribution >= 4 is 35.1 Å². The zero-order valence-electron chi connectivity index (χ0n) is 23.3. The molecule has 1 aliphatic rings. The summed E-state index contributed by atoms with van der Waals surface area (Å²) < 4.78 is 42.7. The fourth-order valence-electron chi connectivity index (χ4n) is 4.61. The van der Waals surface area contributed by atoms with E-state index in [0.717, 1.165) is 0 Å². The Morgan fingerprint density at radius 2 is 1.56 bits per heavy atom. The lowest BCUT2D eigenvalue weighted by molar-refractivity contribution is -0.144. The van der Waals surface area contributed by atoms with Crippen LogP contribution in [0.4, 0.5) is 18.9 Å². The highest BCUT2D eigenvalue weighted by Crippen LogP contribution is 2.35. The van der Waals surface area contributed by atoms with Gasteiger partial charge in [-0.15, -0.1) is 0 Å². The second-order valence-corrected chi connectivity index (χ2v) is 9.72. The third-order valence-electron chi connectivity index (χ3n) is 6.68. The Hall–Kier alpha value is -5.00. The summed E-state index contributed by atoms with van der Waals surface area (Å²) in [5, 5.41) is 4.73. The molecular weight excluding hydrogens is 565 g/mol. The van der Waals surface area contributed by atoms with E-state index in [4.69, 9.17) is 4.74 Å². The van der Waals surface area contributed by atoms with E-state index in [1.165, 1.54) is 18.9 Å². The van der Waals surface area contributed by atoms with Gasteiger partial charge in [-0.2, -0.15) is 13.2 Å². The van der Waals surface area contributed by atoms with Gasteiger partial charge in [0.1, 0.15) is 6.04 Å². The molecule has 0 saturated carbocycles. The fraction of sp³-hybridized carbons (Fsp3) is 0.258. The maximum absolute atomic E-state index is 14.3. The molecule has 0 radical (unpaired) electrons. The van der Waals surface area contributed by atoms with Crippen molar-refractivity contribution < 1.29 is 37.1 Å². The number of carbonyl (C=O) groups excluding carboxylic acids is 4. The van der Waals surface area contributed by atoms with Crippen LogP contribution in [0.5, 0.6) is 0 Å². The Morgan fingerprint density at radius 1 is 0.953 bits per heavy atom. The number of alkyl halides is 3. The highest BCUT2D eigenvalue weighted by Gasteiger charge is 2.41. The van der Waals surface area contributed by atoms with Gasteiger partial charge in [0.25, 0.3) is 5.91 Å². The number of hydrogen-bond donors (Lipinski definition) is 2. The van der Waals surface area contributed by atoms with Gasteiger partial charge in [0.2, 0.25) is 18.0 Å². The largest absolute Gasteiger partial charge is 0.467 e. The molecule has 3 aromatic rings. The molecule has 3 aromatic carbocycles. The molecule has 3 atom stereocenters. The van der Waals surface area contributed by atoms with E-state index in [-0.39, 0.29) is 0 Å². The molecule has 0 spiro atoms. The van der Waals surface area contributed by atoms with Crippen LogP contribution in [0.15, 0.2) is 89.9 Å². The molecule has 0 aliphatic carbocycles. The van der Waals surface area contributed by atoms with Crippen LogP contribution in [-0.2, 0) is 23.9 Å². The van der Waals surface area contributed by atoms with Gasteiger partial charge in [0.15, 0.2) is 6.04 Å². The van der Waals surface area contributed by atoms with Crippen LogP contribution >= 0.6 is 0 Å². The van der Waals surface area contributed by atoms with Crippen molar-refractivity contribution in [1.82, 2.24) is 10.6 Å². The molecular formula is C31H29F3N4O5. The van der Waals surface area contributed by atoms with Crippen molar-refractivity contribution in [1.29, 1.82) is 0 Å². The van der Waals surface area contributed by atoms with Gasteiger partial charge in [-0.3, -0.25) is 19.3 Å². The van der Waals surface area contributed by atoms with E-state index < -0.39 is 61.0 Å². The summed E-state index contributed by atoms with van der Waals surface area (Å²) in [6, 6.07) is 21.6. The monoisotopic (exact) mass is 594 g/mol. The number of hydrogen-bond acceptors (Lipinski definition) is 6. The van der Waals surface area contributed by atoms with Crippen LogP contribution < -0.4 is 15.5 Å². The number of para-hydroxylation sites is 1. The van der Waals surface area contributed by atoms with Gasteiger partial charge >= 0.3 is 12.1 Å². The molecule has 9 nitrogen and oxygen atoms in total. The minimum Gasteiger partial charge on any atom is -0.467 e. The first-order chi connectivity index (χ1) is 20.5. The Kier molecular flexibility index (Phi) is 9.59. The molecule has 0 saturated heterocycles. The van der Waals surface area contributed by atoms with Crippen LogP contribution in [-0.4, -0.2) is 54.9 Å². The van der Waals surface area contributed by atoms with Crippen molar-refractivity contribution in [2.24, 2.45) is 4.99 Å². The number of carbonyl (C=O) groups is 4. The molecule has 43 heavy (non-hydrogen) atoms. The van der Waals surface area contributed by atoms with Crippen LogP contribution in [0.2, 0.25) is 0 Å². The zero-order valence-corrected chi connectivity index (χ0v) is 23.3. The Balaban J connectivity index is 1.77. The van der Waals surface area contributed by atoms with E-state index in [2.05, 4.69) is 15.6 Å². The highest BCUT2D eigenvalue weighted by atomic mass is 19.4. The Labute approximate surface area is 245 Å². The summed E-state index contributed by atoms with van der Waals surface area (Å²) in [6.07, 6.45) is -8.33. The molecule has 2 unspecified atom stereocenters.